The summed E-state index contributed by atoms with van der Waals surface area (Å²) in [5.74, 6) is 2.27. The van der Waals surface area contributed by atoms with E-state index in [1.807, 2.05) is 54.6 Å². The van der Waals surface area contributed by atoms with E-state index in [1.54, 1.807) is 7.11 Å². The molecule has 29 heavy (non-hydrogen) atoms. The van der Waals surface area contributed by atoms with Crippen molar-refractivity contribution in [3.05, 3.63) is 58.9 Å². The number of fused-ring (bicyclic) bond motifs is 1. The third-order valence-corrected chi connectivity index (χ3v) is 4.89. The molecule has 0 bridgehead atoms. The molecule has 1 aromatic heterocycles. The molecule has 2 aromatic carbocycles. The number of unbranched alkanes of at least 4 members (excludes halogenated alkanes) is 3. The number of aromatic nitrogens is 2. The number of nitrogens with one attached hydrogen (secondary N) is 1. The summed E-state index contributed by atoms with van der Waals surface area (Å²) in [6.45, 7) is 1.61. The van der Waals surface area contributed by atoms with Gasteiger partial charge in [-0.05, 0) is 61.4 Å². The highest BCUT2D eigenvalue weighted by atomic mass is 35.5. The van der Waals surface area contributed by atoms with Gasteiger partial charge < -0.3 is 15.8 Å². The van der Waals surface area contributed by atoms with Gasteiger partial charge in [-0.1, -0.05) is 42.7 Å². The summed E-state index contributed by atoms with van der Waals surface area (Å²) >= 11 is 5.95. The van der Waals surface area contributed by atoms with Gasteiger partial charge in [0.05, 0.1) is 12.6 Å². The van der Waals surface area contributed by atoms with Crippen molar-refractivity contribution in [3.8, 4) is 5.75 Å². The smallest absolute Gasteiger partial charge is 0.154 e. The van der Waals surface area contributed by atoms with E-state index in [2.05, 4.69) is 10.3 Å². The number of hydrogen-bond donors (Lipinski definition) is 2. The maximum absolute atomic E-state index is 5.95. The lowest BCUT2D eigenvalue weighted by molar-refractivity contribution is 0.415. The molecule has 1 heterocycles. The van der Waals surface area contributed by atoms with Crippen LogP contribution in [-0.4, -0.2) is 30.2 Å². The molecule has 0 aliphatic heterocycles. The molecule has 3 aromatic rings. The molecule has 0 saturated carbocycles. The van der Waals surface area contributed by atoms with Crippen molar-refractivity contribution in [1.29, 1.82) is 0 Å². The molecule has 152 valence electrons. The lowest BCUT2D eigenvalue weighted by Crippen LogP contribution is -2.06. The number of halogens is 1. The Balaban J connectivity index is 1.81. The Morgan fingerprint density at radius 3 is 2.55 bits per heavy atom. The third kappa shape index (κ3) is 6.17. The summed E-state index contributed by atoms with van der Waals surface area (Å²) in [6.07, 6.45) is 8.36. The second kappa shape index (κ2) is 10.8. The van der Waals surface area contributed by atoms with Gasteiger partial charge in [0.25, 0.3) is 0 Å². The zero-order valence-electron chi connectivity index (χ0n) is 16.7. The van der Waals surface area contributed by atoms with Crippen LogP contribution in [0.15, 0.2) is 42.5 Å². The maximum Gasteiger partial charge on any atom is 0.154 e. The lowest BCUT2D eigenvalue weighted by Gasteiger charge is -2.11. The first kappa shape index (κ1) is 21.1. The fraction of sp³-hybridized carbons (Fsp3) is 0.304. The molecule has 0 amide bonds. The number of hydrogen-bond acceptors (Lipinski definition) is 5. The first-order valence-corrected chi connectivity index (χ1v) is 10.3. The number of ether oxygens (including phenoxy) is 1. The second-order valence-corrected chi connectivity index (χ2v) is 7.26. The maximum atomic E-state index is 5.95. The van der Waals surface area contributed by atoms with Crippen LogP contribution in [0.2, 0.25) is 5.02 Å². The van der Waals surface area contributed by atoms with Crippen molar-refractivity contribution >= 4 is 40.5 Å². The van der Waals surface area contributed by atoms with Crippen LogP contribution in [0.3, 0.4) is 0 Å². The minimum Gasteiger partial charge on any atom is -0.497 e. The third-order valence-electron chi connectivity index (χ3n) is 4.64. The van der Waals surface area contributed by atoms with E-state index in [1.165, 1.54) is 0 Å². The highest BCUT2D eigenvalue weighted by Crippen LogP contribution is 2.26. The number of methoxy groups -OCH3 is 1. The van der Waals surface area contributed by atoms with Gasteiger partial charge in [0, 0.05) is 17.0 Å². The van der Waals surface area contributed by atoms with Crippen LogP contribution in [0.25, 0.3) is 23.1 Å². The first-order chi connectivity index (χ1) is 14.2. The summed E-state index contributed by atoms with van der Waals surface area (Å²) in [5.41, 5.74) is 7.48. The van der Waals surface area contributed by atoms with Gasteiger partial charge >= 0.3 is 0 Å². The number of nitrogens with two attached hydrogens (primary N) is 1. The minimum absolute atomic E-state index is 0.656. The van der Waals surface area contributed by atoms with Crippen LogP contribution >= 0.6 is 11.6 Å². The van der Waals surface area contributed by atoms with Crippen molar-refractivity contribution in [2.24, 2.45) is 5.73 Å². The van der Waals surface area contributed by atoms with E-state index in [-0.39, 0.29) is 0 Å². The zero-order valence-corrected chi connectivity index (χ0v) is 17.5. The molecule has 0 spiro atoms. The Hall–Kier alpha value is -2.63. The summed E-state index contributed by atoms with van der Waals surface area (Å²) in [6, 6.07) is 13.5. The standard InChI is InChI=1S/C23H27ClN4O/c1-29-19-11-12-21-20(16-19)23(26-15-5-3-2-4-14-25)28-22(27-21)13-8-17-6-9-18(24)10-7-17/h6-13,16H,2-5,14-15,25H2,1H3,(H,26,27,28)/b13-8+. The van der Waals surface area contributed by atoms with Crippen molar-refractivity contribution in [1.82, 2.24) is 9.97 Å². The molecule has 0 radical (unpaired) electrons. The zero-order chi connectivity index (χ0) is 20.5. The predicted molar refractivity (Wildman–Crippen MR) is 122 cm³/mol. The minimum atomic E-state index is 0.656. The first-order valence-electron chi connectivity index (χ1n) is 9.93. The Labute approximate surface area is 177 Å². The van der Waals surface area contributed by atoms with Gasteiger partial charge in [-0.15, -0.1) is 0 Å². The molecule has 0 atom stereocenters. The average Bonchev–Trinajstić information content (AvgIpc) is 2.75. The summed E-state index contributed by atoms with van der Waals surface area (Å²) in [5, 5.41) is 5.14. The van der Waals surface area contributed by atoms with Crippen molar-refractivity contribution in [2.45, 2.75) is 25.7 Å². The molecule has 3 N–H and O–H groups in total. The van der Waals surface area contributed by atoms with Gasteiger partial charge in [0.15, 0.2) is 5.82 Å². The van der Waals surface area contributed by atoms with Crippen LogP contribution in [-0.2, 0) is 0 Å². The fourth-order valence-corrected chi connectivity index (χ4v) is 3.16. The van der Waals surface area contributed by atoms with Crippen molar-refractivity contribution in [2.75, 3.05) is 25.5 Å². The van der Waals surface area contributed by atoms with E-state index in [9.17, 15) is 0 Å². The van der Waals surface area contributed by atoms with Gasteiger partial charge in [0.1, 0.15) is 11.6 Å². The summed E-state index contributed by atoms with van der Waals surface area (Å²) < 4.78 is 5.37. The van der Waals surface area contributed by atoms with Crippen molar-refractivity contribution in [3.63, 3.8) is 0 Å². The predicted octanol–water partition coefficient (Wildman–Crippen LogP) is 5.39. The van der Waals surface area contributed by atoms with Gasteiger partial charge in [-0.25, -0.2) is 9.97 Å². The normalized spacial score (nSPS) is 11.3. The van der Waals surface area contributed by atoms with E-state index in [4.69, 9.17) is 27.1 Å². The molecule has 0 aliphatic rings. The largest absolute Gasteiger partial charge is 0.497 e. The molecular formula is C23H27ClN4O. The number of rotatable bonds is 10. The van der Waals surface area contributed by atoms with Crippen LogP contribution in [0, 0.1) is 0 Å². The highest BCUT2D eigenvalue weighted by molar-refractivity contribution is 6.30. The fourth-order valence-electron chi connectivity index (χ4n) is 3.04. The second-order valence-electron chi connectivity index (χ2n) is 6.83. The monoisotopic (exact) mass is 410 g/mol. The van der Waals surface area contributed by atoms with E-state index < -0.39 is 0 Å². The van der Waals surface area contributed by atoms with Crippen LogP contribution < -0.4 is 15.8 Å². The quantitative estimate of drug-likeness (QED) is 0.438. The highest BCUT2D eigenvalue weighted by Gasteiger charge is 2.08. The van der Waals surface area contributed by atoms with Crippen molar-refractivity contribution < 1.29 is 4.74 Å². The molecule has 0 saturated heterocycles. The molecular weight excluding hydrogens is 384 g/mol. The SMILES string of the molecule is COc1ccc2nc(/C=C/c3ccc(Cl)cc3)nc(NCCCCCCN)c2c1. The molecule has 0 fully saturated rings. The van der Waals surface area contributed by atoms with E-state index in [0.29, 0.717) is 5.82 Å². The Kier molecular flexibility index (Phi) is 7.85. The Morgan fingerprint density at radius 1 is 1.00 bits per heavy atom. The topological polar surface area (TPSA) is 73.1 Å². The van der Waals surface area contributed by atoms with Gasteiger partial charge in [-0.2, -0.15) is 0 Å². The summed E-state index contributed by atoms with van der Waals surface area (Å²) in [4.78, 5) is 9.41. The lowest BCUT2D eigenvalue weighted by atomic mass is 10.2. The Bertz CT molecular complexity index is 957. The number of benzene rings is 2. The van der Waals surface area contributed by atoms with Crippen LogP contribution in [0.1, 0.15) is 37.1 Å². The van der Waals surface area contributed by atoms with Crippen LogP contribution in [0.5, 0.6) is 5.75 Å². The molecule has 5 nitrogen and oxygen atoms in total. The average molecular weight is 411 g/mol. The molecule has 6 heteroatoms. The number of nitrogens with zero attached hydrogens (tertiary/aromatic N) is 2. The van der Waals surface area contributed by atoms with E-state index >= 15 is 0 Å². The Morgan fingerprint density at radius 2 is 1.79 bits per heavy atom. The van der Waals surface area contributed by atoms with Gasteiger partial charge in [0.2, 0.25) is 0 Å². The molecule has 0 unspecified atom stereocenters. The van der Waals surface area contributed by atoms with E-state index in [0.717, 1.165) is 71.8 Å². The molecule has 3 rings (SSSR count). The van der Waals surface area contributed by atoms with Crippen LogP contribution in [0.4, 0.5) is 5.82 Å². The number of anilines is 1. The summed E-state index contributed by atoms with van der Waals surface area (Å²) in [7, 11) is 1.66. The van der Waals surface area contributed by atoms with Gasteiger partial charge in [-0.3, -0.25) is 0 Å². The molecule has 0 aliphatic carbocycles.